The lowest BCUT2D eigenvalue weighted by Crippen LogP contribution is -2.33. The largest absolute Gasteiger partial charge is 0.370 e. The first-order valence-electron chi connectivity index (χ1n) is 9.21. The van der Waals surface area contributed by atoms with Gasteiger partial charge in [-0.1, -0.05) is 49.0 Å². The van der Waals surface area contributed by atoms with E-state index in [2.05, 4.69) is 20.8 Å². The van der Waals surface area contributed by atoms with E-state index in [0.717, 1.165) is 34.2 Å². The van der Waals surface area contributed by atoms with Gasteiger partial charge < -0.3 is 4.74 Å². The Morgan fingerprint density at radius 2 is 2.00 bits per heavy atom. The van der Waals surface area contributed by atoms with Gasteiger partial charge in [-0.25, -0.2) is 9.97 Å². The summed E-state index contributed by atoms with van der Waals surface area (Å²) in [5, 5.41) is 1.28. The van der Waals surface area contributed by atoms with Gasteiger partial charge >= 0.3 is 0 Å². The predicted octanol–water partition coefficient (Wildman–Crippen LogP) is 3.80. The number of thioether (sulfide) groups is 1. The third-order valence-corrected chi connectivity index (χ3v) is 5.61. The molecular weight excluding hydrogens is 358 g/mol. The van der Waals surface area contributed by atoms with Crippen molar-refractivity contribution in [1.29, 1.82) is 0 Å². The minimum absolute atomic E-state index is 0.0417. The molecule has 1 aliphatic rings. The standard InChI is InChI=1S/C21H23N3O2S/c1-4-27-20-23-18-16(10-15-13-26-21(2,3)11-17(15)22-18)19(25)24(20)12-14-8-6-5-7-9-14/h5-10H,4,11-13H2,1-3H3. The molecule has 6 heteroatoms. The van der Waals surface area contributed by atoms with Gasteiger partial charge in [-0.15, -0.1) is 0 Å². The third-order valence-electron chi connectivity index (χ3n) is 4.75. The molecule has 0 N–H and O–H groups in total. The molecule has 140 valence electrons. The summed E-state index contributed by atoms with van der Waals surface area (Å²) in [5.41, 5.74) is 3.31. The number of aromatic nitrogens is 3. The smallest absolute Gasteiger partial charge is 0.264 e. The molecule has 0 spiro atoms. The molecule has 0 unspecified atom stereocenters. The Kier molecular flexibility index (Phi) is 4.78. The molecule has 27 heavy (non-hydrogen) atoms. The predicted molar refractivity (Wildman–Crippen MR) is 108 cm³/mol. The quantitative estimate of drug-likeness (QED) is 0.508. The summed E-state index contributed by atoms with van der Waals surface area (Å²) in [5.74, 6) is 0.846. The van der Waals surface area contributed by atoms with Gasteiger partial charge in [0, 0.05) is 12.0 Å². The van der Waals surface area contributed by atoms with E-state index in [-0.39, 0.29) is 11.2 Å². The van der Waals surface area contributed by atoms with Gasteiger partial charge in [0.1, 0.15) is 0 Å². The van der Waals surface area contributed by atoms with Gasteiger partial charge in [0.25, 0.3) is 5.56 Å². The molecule has 1 aliphatic heterocycles. The van der Waals surface area contributed by atoms with Crippen LogP contribution in [0.15, 0.2) is 46.3 Å². The molecule has 0 bridgehead atoms. The molecule has 0 saturated heterocycles. The Morgan fingerprint density at radius 1 is 1.22 bits per heavy atom. The van der Waals surface area contributed by atoms with Gasteiger partial charge in [0.15, 0.2) is 10.8 Å². The number of hydrogen-bond acceptors (Lipinski definition) is 5. The highest BCUT2D eigenvalue weighted by molar-refractivity contribution is 7.99. The summed E-state index contributed by atoms with van der Waals surface area (Å²) < 4.78 is 7.65. The van der Waals surface area contributed by atoms with E-state index < -0.39 is 0 Å². The molecule has 2 aromatic heterocycles. The fourth-order valence-corrected chi connectivity index (χ4v) is 4.07. The monoisotopic (exact) mass is 381 g/mol. The number of fused-ring (bicyclic) bond motifs is 2. The van der Waals surface area contributed by atoms with Crippen molar-refractivity contribution in [3.8, 4) is 0 Å². The Morgan fingerprint density at radius 3 is 2.74 bits per heavy atom. The summed E-state index contributed by atoms with van der Waals surface area (Å²) in [6.07, 6.45) is 0.726. The molecule has 3 heterocycles. The van der Waals surface area contributed by atoms with Crippen LogP contribution in [-0.2, 0) is 24.3 Å². The zero-order chi connectivity index (χ0) is 19.0. The van der Waals surface area contributed by atoms with Crippen LogP contribution in [0.5, 0.6) is 0 Å². The molecule has 4 rings (SSSR count). The lowest BCUT2D eigenvalue weighted by Gasteiger charge is -2.31. The molecule has 0 aliphatic carbocycles. The second kappa shape index (κ2) is 7.09. The molecule has 0 amide bonds. The minimum atomic E-state index is -0.239. The molecule has 3 aromatic rings. The third kappa shape index (κ3) is 3.64. The zero-order valence-electron chi connectivity index (χ0n) is 15.9. The minimum Gasteiger partial charge on any atom is -0.370 e. The topological polar surface area (TPSA) is 57.0 Å². The normalized spacial score (nSPS) is 15.7. The molecule has 1 aromatic carbocycles. The lowest BCUT2D eigenvalue weighted by atomic mass is 9.95. The van der Waals surface area contributed by atoms with Crippen LogP contribution >= 0.6 is 11.8 Å². The summed E-state index contributed by atoms with van der Waals surface area (Å²) in [6.45, 7) is 7.17. The van der Waals surface area contributed by atoms with Crippen molar-refractivity contribution in [3.63, 3.8) is 0 Å². The van der Waals surface area contributed by atoms with Crippen molar-refractivity contribution >= 4 is 22.8 Å². The van der Waals surface area contributed by atoms with Crippen LogP contribution in [0.2, 0.25) is 0 Å². The van der Waals surface area contributed by atoms with E-state index >= 15 is 0 Å². The second-order valence-electron chi connectivity index (χ2n) is 7.39. The number of rotatable bonds is 4. The Hall–Kier alpha value is -2.18. The SMILES string of the molecule is CCSc1nc2nc3c(cc2c(=O)n1Cc1ccccc1)COC(C)(C)C3. The fraction of sp³-hybridized carbons (Fsp3) is 0.381. The van der Waals surface area contributed by atoms with E-state index in [9.17, 15) is 4.79 Å². The Labute approximate surface area is 162 Å². The molecule has 5 nitrogen and oxygen atoms in total. The highest BCUT2D eigenvalue weighted by Gasteiger charge is 2.28. The maximum Gasteiger partial charge on any atom is 0.264 e. The number of benzene rings is 1. The molecular formula is C21H23N3O2S. The fourth-order valence-electron chi connectivity index (χ4n) is 3.36. The average Bonchev–Trinajstić information content (AvgIpc) is 2.64. The Balaban J connectivity index is 1.87. The molecule has 0 saturated carbocycles. The van der Waals surface area contributed by atoms with E-state index in [1.807, 2.05) is 36.4 Å². The van der Waals surface area contributed by atoms with Crippen molar-refractivity contribution in [2.45, 2.75) is 51.1 Å². The first-order valence-corrected chi connectivity index (χ1v) is 10.2. The van der Waals surface area contributed by atoms with Crippen molar-refractivity contribution in [2.24, 2.45) is 0 Å². The van der Waals surface area contributed by atoms with E-state index in [4.69, 9.17) is 14.7 Å². The maximum atomic E-state index is 13.3. The first-order chi connectivity index (χ1) is 13.0. The summed E-state index contributed by atoms with van der Waals surface area (Å²) >= 11 is 1.57. The van der Waals surface area contributed by atoms with Gasteiger partial charge in [-0.3, -0.25) is 9.36 Å². The van der Waals surface area contributed by atoms with Crippen LogP contribution in [0, 0.1) is 0 Å². The first kappa shape index (κ1) is 18.2. The average molecular weight is 382 g/mol. The summed E-state index contributed by atoms with van der Waals surface area (Å²) in [4.78, 5) is 22.8. The molecule has 0 atom stereocenters. The van der Waals surface area contributed by atoms with Crippen LogP contribution < -0.4 is 5.56 Å². The maximum absolute atomic E-state index is 13.3. The van der Waals surface area contributed by atoms with Crippen molar-refractivity contribution in [1.82, 2.24) is 14.5 Å². The van der Waals surface area contributed by atoms with Crippen LogP contribution in [0.3, 0.4) is 0 Å². The molecule has 0 fully saturated rings. The van der Waals surface area contributed by atoms with Crippen LogP contribution in [-0.4, -0.2) is 25.9 Å². The summed E-state index contributed by atoms with van der Waals surface area (Å²) in [6, 6.07) is 11.9. The van der Waals surface area contributed by atoms with Gasteiger partial charge in [0.05, 0.1) is 29.8 Å². The number of nitrogens with zero attached hydrogens (tertiary/aromatic N) is 3. The lowest BCUT2D eigenvalue weighted by molar-refractivity contribution is -0.0411. The highest BCUT2D eigenvalue weighted by atomic mass is 32.2. The van der Waals surface area contributed by atoms with E-state index in [1.54, 1.807) is 16.3 Å². The highest BCUT2D eigenvalue weighted by Crippen LogP contribution is 2.28. The van der Waals surface area contributed by atoms with E-state index in [1.165, 1.54) is 0 Å². The number of hydrogen-bond donors (Lipinski definition) is 0. The van der Waals surface area contributed by atoms with Crippen molar-refractivity contribution in [2.75, 3.05) is 5.75 Å². The van der Waals surface area contributed by atoms with Gasteiger partial charge in [-0.05, 0) is 31.2 Å². The number of pyridine rings is 1. The van der Waals surface area contributed by atoms with Gasteiger partial charge in [0.2, 0.25) is 0 Å². The van der Waals surface area contributed by atoms with Gasteiger partial charge in [-0.2, -0.15) is 0 Å². The molecule has 0 radical (unpaired) electrons. The zero-order valence-corrected chi connectivity index (χ0v) is 16.7. The Bertz CT molecular complexity index is 1040. The van der Waals surface area contributed by atoms with E-state index in [0.29, 0.717) is 24.2 Å². The van der Waals surface area contributed by atoms with Crippen LogP contribution in [0.4, 0.5) is 0 Å². The van der Waals surface area contributed by atoms with Crippen LogP contribution in [0.1, 0.15) is 37.6 Å². The van der Waals surface area contributed by atoms with Crippen molar-refractivity contribution < 1.29 is 4.74 Å². The number of ether oxygens (including phenoxy) is 1. The van der Waals surface area contributed by atoms with Crippen molar-refractivity contribution in [3.05, 3.63) is 63.6 Å². The summed E-state index contributed by atoms with van der Waals surface area (Å²) in [7, 11) is 0. The second-order valence-corrected chi connectivity index (χ2v) is 8.63. The van der Waals surface area contributed by atoms with Crippen LogP contribution in [0.25, 0.3) is 11.0 Å².